The second-order valence-corrected chi connectivity index (χ2v) is 11.2. The molecule has 0 unspecified atom stereocenters. The number of para-hydroxylation sites is 4. The Morgan fingerprint density at radius 1 is 0.261 bits per heavy atom. The van der Waals surface area contributed by atoms with Gasteiger partial charge >= 0.3 is 0 Å². The summed E-state index contributed by atoms with van der Waals surface area (Å²) in [5, 5.41) is 12.7. The Labute approximate surface area is 270 Å². The predicted molar refractivity (Wildman–Crippen MR) is 191 cm³/mol. The van der Waals surface area contributed by atoms with Crippen molar-refractivity contribution < 1.29 is 5.11 Å². The molecule has 0 saturated carbocycles. The molecule has 222 valence electrons. The molecule has 0 radical (unpaired) electrons. The molecular formula is C43H34N2O. The van der Waals surface area contributed by atoms with E-state index < -0.39 is 5.60 Å². The molecule has 0 amide bonds. The molecule has 7 aromatic carbocycles. The Morgan fingerprint density at radius 3 is 0.761 bits per heavy atom. The van der Waals surface area contributed by atoms with Crippen LogP contribution >= 0.6 is 0 Å². The number of anilines is 6. The van der Waals surface area contributed by atoms with Crippen LogP contribution in [0.2, 0.25) is 0 Å². The van der Waals surface area contributed by atoms with Crippen molar-refractivity contribution in [2.24, 2.45) is 0 Å². The summed E-state index contributed by atoms with van der Waals surface area (Å²) in [7, 11) is 0. The highest BCUT2D eigenvalue weighted by atomic mass is 16.3. The van der Waals surface area contributed by atoms with Crippen molar-refractivity contribution in [2.45, 2.75) is 5.60 Å². The topological polar surface area (TPSA) is 26.7 Å². The van der Waals surface area contributed by atoms with Crippen LogP contribution < -0.4 is 9.80 Å². The second kappa shape index (κ2) is 13.0. The third-order valence-corrected chi connectivity index (χ3v) is 8.34. The maximum atomic E-state index is 12.7. The molecule has 0 aromatic heterocycles. The van der Waals surface area contributed by atoms with Gasteiger partial charge < -0.3 is 14.9 Å². The van der Waals surface area contributed by atoms with Crippen LogP contribution in [0.1, 0.15) is 16.7 Å². The lowest BCUT2D eigenvalue weighted by molar-refractivity contribution is 0.126. The van der Waals surface area contributed by atoms with Crippen LogP contribution in [-0.2, 0) is 5.60 Å². The molecule has 7 rings (SSSR count). The van der Waals surface area contributed by atoms with Crippen molar-refractivity contribution in [3.05, 3.63) is 217 Å². The number of benzene rings is 7. The first kappa shape index (κ1) is 28.8. The van der Waals surface area contributed by atoms with Gasteiger partial charge in [0.2, 0.25) is 0 Å². The van der Waals surface area contributed by atoms with E-state index in [-0.39, 0.29) is 0 Å². The molecule has 3 nitrogen and oxygen atoms in total. The van der Waals surface area contributed by atoms with Crippen LogP contribution in [-0.4, -0.2) is 5.11 Å². The minimum atomic E-state index is -1.37. The average molecular weight is 595 g/mol. The Kier molecular flexibility index (Phi) is 8.15. The number of hydrogen-bond acceptors (Lipinski definition) is 3. The van der Waals surface area contributed by atoms with E-state index in [1.54, 1.807) is 0 Å². The molecule has 0 aliphatic heterocycles. The molecule has 46 heavy (non-hydrogen) atoms. The minimum absolute atomic E-state index is 0.791. The molecule has 0 bridgehead atoms. The van der Waals surface area contributed by atoms with Crippen LogP contribution in [0, 0.1) is 0 Å². The summed E-state index contributed by atoms with van der Waals surface area (Å²) in [4.78, 5) is 4.45. The normalized spacial score (nSPS) is 11.2. The van der Waals surface area contributed by atoms with Crippen molar-refractivity contribution in [1.29, 1.82) is 0 Å². The molecule has 0 fully saturated rings. The van der Waals surface area contributed by atoms with E-state index in [2.05, 4.69) is 82.6 Å². The van der Waals surface area contributed by atoms with E-state index in [0.717, 1.165) is 50.8 Å². The van der Waals surface area contributed by atoms with Crippen molar-refractivity contribution in [2.75, 3.05) is 9.80 Å². The Balaban J connectivity index is 1.30. The number of hydrogen-bond donors (Lipinski definition) is 1. The van der Waals surface area contributed by atoms with Crippen molar-refractivity contribution >= 4 is 34.1 Å². The van der Waals surface area contributed by atoms with Gasteiger partial charge in [-0.15, -0.1) is 0 Å². The number of aliphatic hydroxyl groups is 1. The van der Waals surface area contributed by atoms with Crippen molar-refractivity contribution in [1.82, 2.24) is 0 Å². The van der Waals surface area contributed by atoms with Crippen LogP contribution in [0.4, 0.5) is 34.1 Å². The van der Waals surface area contributed by atoms with Gasteiger partial charge in [0.1, 0.15) is 5.60 Å². The molecule has 1 N–H and O–H groups in total. The third kappa shape index (κ3) is 5.68. The summed E-state index contributed by atoms with van der Waals surface area (Å²) in [6, 6.07) is 67.8. The van der Waals surface area contributed by atoms with E-state index in [1.165, 1.54) is 0 Å². The van der Waals surface area contributed by atoms with Crippen molar-refractivity contribution in [3.63, 3.8) is 0 Å². The molecule has 7 aromatic rings. The van der Waals surface area contributed by atoms with E-state index in [4.69, 9.17) is 0 Å². The Bertz CT molecular complexity index is 1760. The SMILES string of the molecule is OC(c1ccccc1)(c1ccc(N(c2ccccc2)c2ccccc2)cc1)c1ccc(N(c2ccccc2)c2ccccc2)cc1. The second-order valence-electron chi connectivity index (χ2n) is 11.2. The molecule has 0 aliphatic carbocycles. The minimum Gasteiger partial charge on any atom is -0.376 e. The van der Waals surface area contributed by atoms with Crippen LogP contribution in [0.15, 0.2) is 200 Å². The molecule has 0 aliphatic rings. The number of rotatable bonds is 9. The quantitative estimate of drug-likeness (QED) is 0.168. The van der Waals surface area contributed by atoms with E-state index in [9.17, 15) is 5.11 Å². The summed E-state index contributed by atoms with van der Waals surface area (Å²) in [5.41, 5.74) is 7.30. The van der Waals surface area contributed by atoms with Crippen molar-refractivity contribution in [3.8, 4) is 0 Å². The summed E-state index contributed by atoms with van der Waals surface area (Å²) in [6.45, 7) is 0. The lowest BCUT2D eigenvalue weighted by atomic mass is 9.80. The highest BCUT2D eigenvalue weighted by Crippen LogP contribution is 2.41. The molecule has 0 spiro atoms. The van der Waals surface area contributed by atoms with E-state index >= 15 is 0 Å². The standard InChI is InChI=1S/C43H34N2O/c46-43(34-16-6-1-7-17-34,35-26-30-41(31-27-35)44(37-18-8-2-9-19-37)38-20-10-3-11-21-38)36-28-32-42(33-29-36)45(39-22-12-4-13-23-39)40-24-14-5-15-25-40/h1-33,46H. The summed E-state index contributed by atoms with van der Waals surface area (Å²) < 4.78 is 0. The van der Waals surface area contributed by atoms with Gasteiger partial charge in [-0.05, 0) is 89.5 Å². The first-order valence-electron chi connectivity index (χ1n) is 15.5. The third-order valence-electron chi connectivity index (χ3n) is 8.34. The van der Waals surface area contributed by atoms with E-state index in [1.807, 2.05) is 127 Å². The van der Waals surface area contributed by atoms with Crippen LogP contribution in [0.3, 0.4) is 0 Å². The summed E-state index contributed by atoms with van der Waals surface area (Å²) in [5.74, 6) is 0. The van der Waals surface area contributed by atoms with Crippen LogP contribution in [0.5, 0.6) is 0 Å². The van der Waals surface area contributed by atoms with E-state index in [0.29, 0.717) is 0 Å². The highest BCUT2D eigenvalue weighted by Gasteiger charge is 2.34. The number of nitrogens with zero attached hydrogens (tertiary/aromatic N) is 2. The maximum absolute atomic E-state index is 12.7. The first-order chi connectivity index (χ1) is 22.7. The summed E-state index contributed by atoms with van der Waals surface area (Å²) >= 11 is 0. The van der Waals surface area contributed by atoms with Gasteiger partial charge in [-0.3, -0.25) is 0 Å². The van der Waals surface area contributed by atoms with Gasteiger partial charge in [0.05, 0.1) is 0 Å². The van der Waals surface area contributed by atoms with Crippen LogP contribution in [0.25, 0.3) is 0 Å². The smallest absolute Gasteiger partial charge is 0.140 e. The lowest BCUT2D eigenvalue weighted by Crippen LogP contribution is -2.29. The molecule has 0 atom stereocenters. The van der Waals surface area contributed by atoms with Gasteiger partial charge in [-0.25, -0.2) is 0 Å². The largest absolute Gasteiger partial charge is 0.376 e. The zero-order chi connectivity index (χ0) is 31.2. The van der Waals surface area contributed by atoms with Gasteiger partial charge in [-0.2, -0.15) is 0 Å². The summed E-state index contributed by atoms with van der Waals surface area (Å²) in [6.07, 6.45) is 0. The molecule has 0 heterocycles. The predicted octanol–water partition coefficient (Wildman–Crippen LogP) is 10.9. The van der Waals surface area contributed by atoms with Gasteiger partial charge in [0.25, 0.3) is 0 Å². The van der Waals surface area contributed by atoms with Gasteiger partial charge in [-0.1, -0.05) is 127 Å². The first-order valence-corrected chi connectivity index (χ1v) is 15.5. The Hall–Kier alpha value is -5.90. The fourth-order valence-electron chi connectivity index (χ4n) is 6.09. The maximum Gasteiger partial charge on any atom is 0.140 e. The fraction of sp³-hybridized carbons (Fsp3) is 0.0233. The van der Waals surface area contributed by atoms with Gasteiger partial charge in [0, 0.05) is 34.1 Å². The Morgan fingerprint density at radius 2 is 0.478 bits per heavy atom. The molecule has 3 heteroatoms. The zero-order valence-corrected chi connectivity index (χ0v) is 25.4. The monoisotopic (exact) mass is 594 g/mol. The van der Waals surface area contributed by atoms with Gasteiger partial charge in [0.15, 0.2) is 0 Å². The average Bonchev–Trinajstić information content (AvgIpc) is 3.14. The zero-order valence-electron chi connectivity index (χ0n) is 25.4. The molecular weight excluding hydrogens is 560 g/mol. The fourth-order valence-corrected chi connectivity index (χ4v) is 6.09. The lowest BCUT2D eigenvalue weighted by Gasteiger charge is -2.32. The highest BCUT2D eigenvalue weighted by molar-refractivity contribution is 5.78. The molecule has 0 saturated heterocycles.